The summed E-state index contributed by atoms with van der Waals surface area (Å²) in [5.74, 6) is 0. The molecule has 0 amide bonds. The maximum absolute atomic E-state index is 6.15. The molecule has 0 radical (unpaired) electrons. The van der Waals surface area contributed by atoms with Crippen LogP contribution in [-0.2, 0) is 6.54 Å². The Morgan fingerprint density at radius 2 is 1.95 bits per heavy atom. The van der Waals surface area contributed by atoms with E-state index in [2.05, 4.69) is 17.3 Å². The van der Waals surface area contributed by atoms with Gasteiger partial charge in [-0.2, -0.15) is 0 Å². The summed E-state index contributed by atoms with van der Waals surface area (Å²) in [5, 5.41) is 4.99. The Kier molecular flexibility index (Phi) is 7.31. The first-order valence-electron chi connectivity index (χ1n) is 8.01. The largest absolute Gasteiger partial charge is 0.313 e. The van der Waals surface area contributed by atoms with Crippen molar-refractivity contribution in [2.45, 2.75) is 51.1 Å². The van der Waals surface area contributed by atoms with Crippen molar-refractivity contribution in [3.63, 3.8) is 0 Å². The third kappa shape index (κ3) is 5.78. The van der Waals surface area contributed by atoms with Gasteiger partial charge in [0.05, 0.1) is 0 Å². The van der Waals surface area contributed by atoms with Crippen molar-refractivity contribution in [2.24, 2.45) is 0 Å². The molecule has 1 fully saturated rings. The summed E-state index contributed by atoms with van der Waals surface area (Å²) in [6.07, 6.45) is 8.16. The van der Waals surface area contributed by atoms with Crippen LogP contribution < -0.4 is 5.32 Å². The molecular weight excluding hydrogens is 303 g/mol. The van der Waals surface area contributed by atoms with Gasteiger partial charge in [0.1, 0.15) is 0 Å². The highest BCUT2D eigenvalue weighted by Crippen LogP contribution is 2.22. The third-order valence-corrected chi connectivity index (χ3v) is 4.99. The summed E-state index contributed by atoms with van der Waals surface area (Å²) < 4.78 is 0. The second-order valence-electron chi connectivity index (χ2n) is 6.04. The van der Waals surface area contributed by atoms with Crippen LogP contribution in [0.25, 0.3) is 0 Å². The Morgan fingerprint density at radius 3 is 2.71 bits per heavy atom. The minimum absolute atomic E-state index is 0.744. The Hall–Kier alpha value is -0.280. The Morgan fingerprint density at radius 1 is 1.19 bits per heavy atom. The lowest BCUT2D eigenvalue weighted by atomic mass is 9.94. The van der Waals surface area contributed by atoms with Crippen LogP contribution in [0.4, 0.5) is 0 Å². The molecule has 118 valence electrons. The molecule has 0 saturated heterocycles. The Bertz CT molecular complexity index is 431. The molecule has 1 N–H and O–H groups in total. The van der Waals surface area contributed by atoms with Gasteiger partial charge in [0, 0.05) is 22.6 Å². The molecule has 1 aliphatic rings. The molecule has 0 spiro atoms. The normalized spacial score (nSPS) is 16.6. The van der Waals surface area contributed by atoms with E-state index in [1.54, 1.807) is 0 Å². The van der Waals surface area contributed by atoms with E-state index < -0.39 is 0 Å². The minimum atomic E-state index is 0.744. The van der Waals surface area contributed by atoms with E-state index in [0.717, 1.165) is 34.7 Å². The zero-order valence-corrected chi connectivity index (χ0v) is 14.4. The monoisotopic (exact) mass is 328 g/mol. The van der Waals surface area contributed by atoms with E-state index in [0.29, 0.717) is 0 Å². The molecule has 0 aliphatic heterocycles. The first-order chi connectivity index (χ1) is 10.2. The summed E-state index contributed by atoms with van der Waals surface area (Å²) in [5.41, 5.74) is 1.07. The molecule has 1 saturated carbocycles. The highest BCUT2D eigenvalue weighted by atomic mass is 35.5. The fourth-order valence-electron chi connectivity index (χ4n) is 3.06. The summed E-state index contributed by atoms with van der Waals surface area (Å²) >= 11 is 12.1. The number of hydrogen-bond acceptors (Lipinski definition) is 2. The lowest BCUT2D eigenvalue weighted by Gasteiger charge is -2.31. The minimum Gasteiger partial charge on any atom is -0.313 e. The molecule has 1 aromatic carbocycles. The second-order valence-corrected chi connectivity index (χ2v) is 6.88. The van der Waals surface area contributed by atoms with Crippen molar-refractivity contribution in [3.05, 3.63) is 33.8 Å². The van der Waals surface area contributed by atoms with Gasteiger partial charge in [0.25, 0.3) is 0 Å². The van der Waals surface area contributed by atoms with E-state index >= 15 is 0 Å². The molecule has 2 nitrogen and oxygen atoms in total. The summed E-state index contributed by atoms with van der Waals surface area (Å²) in [4.78, 5) is 2.53. The summed E-state index contributed by atoms with van der Waals surface area (Å²) in [6.45, 7) is 2.97. The van der Waals surface area contributed by atoms with Gasteiger partial charge in [-0.25, -0.2) is 0 Å². The standard InChI is InChI=1S/C17H26Cl2N2/c1-21(16-6-3-2-4-7-16)11-5-10-20-13-14-12-15(18)8-9-17(14)19/h8-9,12,16,20H,2-7,10-11,13H2,1H3. The average molecular weight is 329 g/mol. The molecule has 0 aromatic heterocycles. The number of halogens is 2. The number of nitrogens with one attached hydrogen (secondary N) is 1. The topological polar surface area (TPSA) is 15.3 Å². The van der Waals surface area contributed by atoms with Gasteiger partial charge in [-0.05, 0) is 63.2 Å². The zero-order valence-electron chi connectivity index (χ0n) is 12.9. The van der Waals surface area contributed by atoms with Crippen molar-refractivity contribution in [1.29, 1.82) is 0 Å². The van der Waals surface area contributed by atoms with Gasteiger partial charge < -0.3 is 10.2 Å². The quantitative estimate of drug-likeness (QED) is 0.727. The fourth-order valence-corrected chi connectivity index (χ4v) is 3.44. The van der Waals surface area contributed by atoms with Gasteiger partial charge >= 0.3 is 0 Å². The van der Waals surface area contributed by atoms with Crippen LogP contribution in [0.5, 0.6) is 0 Å². The summed E-state index contributed by atoms with van der Waals surface area (Å²) in [7, 11) is 2.27. The Balaban J connectivity index is 1.62. The van der Waals surface area contributed by atoms with Crippen molar-refractivity contribution >= 4 is 23.2 Å². The third-order valence-electron chi connectivity index (χ3n) is 4.39. The van der Waals surface area contributed by atoms with Crippen molar-refractivity contribution in [3.8, 4) is 0 Å². The number of benzene rings is 1. The molecule has 0 bridgehead atoms. The highest BCUT2D eigenvalue weighted by Gasteiger charge is 2.17. The van der Waals surface area contributed by atoms with Gasteiger partial charge in [0.15, 0.2) is 0 Å². The van der Waals surface area contributed by atoms with Crippen LogP contribution >= 0.6 is 23.2 Å². The second kappa shape index (κ2) is 8.99. The predicted molar refractivity (Wildman–Crippen MR) is 92.3 cm³/mol. The highest BCUT2D eigenvalue weighted by molar-refractivity contribution is 6.33. The smallest absolute Gasteiger partial charge is 0.0451 e. The zero-order chi connectivity index (χ0) is 15.1. The van der Waals surface area contributed by atoms with Gasteiger partial charge in [-0.3, -0.25) is 0 Å². The maximum Gasteiger partial charge on any atom is 0.0451 e. The SMILES string of the molecule is CN(CCCNCc1cc(Cl)ccc1Cl)C1CCCCC1. The van der Waals surface area contributed by atoms with Crippen LogP contribution in [0.1, 0.15) is 44.1 Å². The number of nitrogens with zero attached hydrogens (tertiary/aromatic N) is 1. The van der Waals surface area contributed by atoms with E-state index in [-0.39, 0.29) is 0 Å². The molecule has 1 aliphatic carbocycles. The van der Waals surface area contributed by atoms with Crippen molar-refractivity contribution in [1.82, 2.24) is 10.2 Å². The van der Waals surface area contributed by atoms with Crippen LogP contribution in [0, 0.1) is 0 Å². The van der Waals surface area contributed by atoms with Gasteiger partial charge in [-0.15, -0.1) is 0 Å². The molecule has 4 heteroatoms. The Labute approximate surface area is 138 Å². The van der Waals surface area contributed by atoms with Crippen molar-refractivity contribution < 1.29 is 0 Å². The van der Waals surface area contributed by atoms with E-state index in [4.69, 9.17) is 23.2 Å². The molecule has 1 aromatic rings. The van der Waals surface area contributed by atoms with Crippen LogP contribution in [0.3, 0.4) is 0 Å². The van der Waals surface area contributed by atoms with E-state index in [1.807, 2.05) is 18.2 Å². The fraction of sp³-hybridized carbons (Fsp3) is 0.647. The van der Waals surface area contributed by atoms with Crippen LogP contribution in [-0.4, -0.2) is 31.1 Å². The first-order valence-corrected chi connectivity index (χ1v) is 8.77. The van der Waals surface area contributed by atoms with Gasteiger partial charge in [-0.1, -0.05) is 42.5 Å². The summed E-state index contributed by atoms with van der Waals surface area (Å²) in [6, 6.07) is 6.43. The predicted octanol–water partition coefficient (Wildman–Crippen LogP) is 4.74. The molecule has 2 rings (SSSR count). The first kappa shape index (κ1) is 17.1. The average Bonchev–Trinajstić information content (AvgIpc) is 2.51. The number of hydrogen-bond donors (Lipinski definition) is 1. The maximum atomic E-state index is 6.15. The van der Waals surface area contributed by atoms with E-state index in [9.17, 15) is 0 Å². The lowest BCUT2D eigenvalue weighted by molar-refractivity contribution is 0.189. The van der Waals surface area contributed by atoms with E-state index in [1.165, 1.54) is 45.1 Å². The molecule has 0 atom stereocenters. The molecule has 21 heavy (non-hydrogen) atoms. The number of rotatable bonds is 7. The van der Waals surface area contributed by atoms with Crippen LogP contribution in [0.2, 0.25) is 10.0 Å². The lowest BCUT2D eigenvalue weighted by Crippen LogP contribution is -2.35. The molecular formula is C17H26Cl2N2. The van der Waals surface area contributed by atoms with Gasteiger partial charge in [0.2, 0.25) is 0 Å². The molecule has 0 unspecified atom stereocenters. The van der Waals surface area contributed by atoms with Crippen molar-refractivity contribution in [2.75, 3.05) is 20.1 Å². The van der Waals surface area contributed by atoms with Crippen LogP contribution in [0.15, 0.2) is 18.2 Å². The molecule has 0 heterocycles.